The van der Waals surface area contributed by atoms with Gasteiger partial charge in [-0.15, -0.1) is 0 Å². The van der Waals surface area contributed by atoms with Crippen LogP contribution in [0.4, 0.5) is 0 Å². The summed E-state index contributed by atoms with van der Waals surface area (Å²) in [7, 11) is 0. The summed E-state index contributed by atoms with van der Waals surface area (Å²) in [4.78, 5) is 10.5. The van der Waals surface area contributed by atoms with Crippen LogP contribution < -0.4 is 0 Å². The molecule has 0 amide bonds. The minimum atomic E-state index is -0.231. The fourth-order valence-corrected chi connectivity index (χ4v) is 7.40. The van der Waals surface area contributed by atoms with Gasteiger partial charge in [0.05, 0.1) is 22.4 Å². The van der Waals surface area contributed by atoms with Gasteiger partial charge in [0.15, 0.2) is 5.82 Å². The lowest BCUT2D eigenvalue weighted by Crippen LogP contribution is -2.17. The van der Waals surface area contributed by atoms with Crippen molar-refractivity contribution in [1.82, 2.24) is 14.5 Å². The molecule has 6 aromatic carbocycles. The topological polar surface area (TPSA) is 30.7 Å². The lowest BCUT2D eigenvalue weighted by molar-refractivity contribution is 0.658. The molecule has 0 atom stereocenters. The molecule has 0 unspecified atom stereocenters. The highest BCUT2D eigenvalue weighted by atomic mass is 15.0. The number of benzene rings is 6. The van der Waals surface area contributed by atoms with Crippen LogP contribution in [0, 0.1) is 0 Å². The average Bonchev–Trinajstić information content (AvgIpc) is 3.57. The molecule has 2 heterocycles. The minimum absolute atomic E-state index is 0.231. The van der Waals surface area contributed by atoms with Crippen LogP contribution in [-0.2, 0) is 5.41 Å². The highest BCUT2D eigenvalue weighted by molar-refractivity contribution is 6.10. The Balaban J connectivity index is 1.24. The van der Waals surface area contributed by atoms with Crippen molar-refractivity contribution in [2.75, 3.05) is 0 Å². The molecule has 0 spiro atoms. The molecular weight excluding hydrogens is 558 g/mol. The third-order valence-electron chi connectivity index (χ3n) is 9.58. The normalized spacial score (nSPS) is 13.2. The van der Waals surface area contributed by atoms with Gasteiger partial charge in [-0.05, 0) is 53.1 Å². The first-order valence-electron chi connectivity index (χ1n) is 15.9. The number of rotatable bonds is 4. The van der Waals surface area contributed by atoms with E-state index in [4.69, 9.17) is 9.97 Å². The van der Waals surface area contributed by atoms with Crippen molar-refractivity contribution in [3.63, 3.8) is 0 Å². The maximum atomic E-state index is 5.31. The van der Waals surface area contributed by atoms with Crippen LogP contribution in [0.1, 0.15) is 25.0 Å². The van der Waals surface area contributed by atoms with Gasteiger partial charge in [-0.2, -0.15) is 0 Å². The molecule has 8 aromatic rings. The third-order valence-corrected chi connectivity index (χ3v) is 9.58. The summed E-state index contributed by atoms with van der Waals surface area (Å²) in [6, 6.07) is 54.0. The Morgan fingerprint density at radius 3 is 1.96 bits per heavy atom. The van der Waals surface area contributed by atoms with Crippen LogP contribution in [0.3, 0.4) is 0 Å². The third kappa shape index (κ3) is 3.98. The fourth-order valence-electron chi connectivity index (χ4n) is 7.40. The summed E-state index contributed by atoms with van der Waals surface area (Å²) in [5.41, 5.74) is 13.5. The highest BCUT2D eigenvalue weighted by Crippen LogP contribution is 2.51. The Kier molecular flexibility index (Phi) is 5.85. The van der Waals surface area contributed by atoms with Crippen molar-refractivity contribution >= 4 is 21.8 Å². The van der Waals surface area contributed by atoms with Gasteiger partial charge < -0.3 is 4.57 Å². The van der Waals surface area contributed by atoms with Crippen LogP contribution in [-0.4, -0.2) is 14.5 Å². The number of aromatic nitrogens is 3. The Labute approximate surface area is 268 Å². The second-order valence-electron chi connectivity index (χ2n) is 12.7. The van der Waals surface area contributed by atoms with Crippen LogP contribution in [0.5, 0.6) is 0 Å². The van der Waals surface area contributed by atoms with Crippen molar-refractivity contribution in [1.29, 1.82) is 0 Å². The molecule has 3 heteroatoms. The van der Waals surface area contributed by atoms with Crippen LogP contribution >= 0.6 is 0 Å². The minimum Gasteiger partial charge on any atom is -0.309 e. The van der Waals surface area contributed by atoms with Gasteiger partial charge in [0, 0.05) is 44.1 Å². The monoisotopic (exact) mass is 589 g/mol. The quantitative estimate of drug-likeness (QED) is 0.204. The number of para-hydroxylation sites is 2. The van der Waals surface area contributed by atoms with Crippen molar-refractivity contribution in [2.45, 2.75) is 19.3 Å². The summed E-state index contributed by atoms with van der Waals surface area (Å²) in [5.74, 6) is 0.752. The van der Waals surface area contributed by atoms with Gasteiger partial charge in [0.2, 0.25) is 0 Å². The predicted octanol–water partition coefficient (Wildman–Crippen LogP) is 10.9. The molecule has 0 saturated carbocycles. The molecule has 218 valence electrons. The first-order valence-corrected chi connectivity index (χ1v) is 15.9. The molecular formula is C43H31N3. The molecule has 0 fully saturated rings. The number of hydrogen-bond acceptors (Lipinski definition) is 2. The smallest absolute Gasteiger partial charge is 0.160 e. The van der Waals surface area contributed by atoms with Gasteiger partial charge in [-0.25, -0.2) is 9.97 Å². The summed E-state index contributed by atoms with van der Waals surface area (Å²) in [6.07, 6.45) is 0. The van der Waals surface area contributed by atoms with Crippen molar-refractivity contribution < 1.29 is 0 Å². The summed E-state index contributed by atoms with van der Waals surface area (Å²) in [6.45, 7) is 4.60. The van der Waals surface area contributed by atoms with E-state index in [2.05, 4.69) is 164 Å². The van der Waals surface area contributed by atoms with E-state index in [9.17, 15) is 0 Å². The van der Waals surface area contributed by atoms with Gasteiger partial charge in [-0.3, -0.25) is 0 Å². The molecule has 0 bridgehead atoms. The predicted molar refractivity (Wildman–Crippen MR) is 190 cm³/mol. The Bertz CT molecular complexity index is 2440. The lowest BCUT2D eigenvalue weighted by Gasteiger charge is -2.24. The average molecular weight is 590 g/mol. The zero-order valence-corrected chi connectivity index (χ0v) is 25.8. The summed E-state index contributed by atoms with van der Waals surface area (Å²) >= 11 is 0. The Morgan fingerprint density at radius 1 is 0.478 bits per heavy atom. The molecule has 46 heavy (non-hydrogen) atoms. The lowest BCUT2D eigenvalue weighted by atomic mass is 9.80. The van der Waals surface area contributed by atoms with E-state index in [-0.39, 0.29) is 5.41 Å². The first kappa shape index (κ1) is 26.6. The van der Waals surface area contributed by atoms with Crippen molar-refractivity contribution in [3.05, 3.63) is 163 Å². The largest absolute Gasteiger partial charge is 0.309 e. The second kappa shape index (κ2) is 10.1. The van der Waals surface area contributed by atoms with Crippen molar-refractivity contribution in [2.24, 2.45) is 0 Å². The molecule has 3 nitrogen and oxygen atoms in total. The van der Waals surface area contributed by atoms with Crippen LogP contribution in [0.15, 0.2) is 152 Å². The number of nitrogens with zero attached hydrogens (tertiary/aromatic N) is 3. The summed E-state index contributed by atoms with van der Waals surface area (Å²) in [5, 5.41) is 2.49. The molecule has 2 aromatic heterocycles. The zero-order chi connectivity index (χ0) is 30.8. The second-order valence-corrected chi connectivity index (χ2v) is 12.7. The molecule has 1 aliphatic rings. The van der Waals surface area contributed by atoms with Gasteiger partial charge in [0.25, 0.3) is 0 Å². The molecule has 0 N–H and O–H groups in total. The zero-order valence-electron chi connectivity index (χ0n) is 25.8. The van der Waals surface area contributed by atoms with Gasteiger partial charge in [-0.1, -0.05) is 129 Å². The van der Waals surface area contributed by atoms with Gasteiger partial charge in [0.1, 0.15) is 0 Å². The maximum absolute atomic E-state index is 5.31. The number of hydrogen-bond donors (Lipinski definition) is 0. The van der Waals surface area contributed by atoms with E-state index in [1.807, 2.05) is 6.07 Å². The maximum Gasteiger partial charge on any atom is 0.160 e. The fraction of sp³-hybridized carbons (Fsp3) is 0.0698. The van der Waals surface area contributed by atoms with E-state index in [1.165, 1.54) is 49.7 Å². The molecule has 0 saturated heterocycles. The molecule has 0 aliphatic heterocycles. The van der Waals surface area contributed by atoms with Gasteiger partial charge >= 0.3 is 0 Å². The molecule has 9 rings (SSSR count). The Morgan fingerprint density at radius 2 is 1.11 bits per heavy atom. The Hall–Kier alpha value is -5.80. The SMILES string of the molecule is CC1(C)c2ccccc2-c2nc(-c3ccccc3)nc(-c3cccc(-c4ccc5c(c4)c4ccccc4n5-c4ccccc4)c3)c21. The van der Waals surface area contributed by atoms with Crippen LogP contribution in [0.25, 0.3) is 72.5 Å². The highest BCUT2D eigenvalue weighted by Gasteiger charge is 2.40. The standard InChI is InChI=1S/C43H31N3/c1-43(2)36-22-11-9-21-34(36)41-39(43)40(44-42(45-41)28-14-5-3-6-15-28)31-17-13-16-29(26-31)30-24-25-38-35(27-30)33-20-10-12-23-37(33)46(38)32-18-7-4-8-19-32/h3-27H,1-2H3. The first-order chi connectivity index (χ1) is 22.6. The summed E-state index contributed by atoms with van der Waals surface area (Å²) < 4.78 is 2.36. The molecule has 1 aliphatic carbocycles. The van der Waals surface area contributed by atoms with Crippen LogP contribution in [0.2, 0.25) is 0 Å². The number of fused-ring (bicyclic) bond motifs is 6. The van der Waals surface area contributed by atoms with Crippen molar-refractivity contribution in [3.8, 4) is 50.7 Å². The van der Waals surface area contributed by atoms with E-state index in [1.54, 1.807) is 0 Å². The van der Waals surface area contributed by atoms with E-state index < -0.39 is 0 Å². The van der Waals surface area contributed by atoms with E-state index in [0.29, 0.717) is 0 Å². The van der Waals surface area contributed by atoms with E-state index in [0.717, 1.165) is 33.9 Å². The van der Waals surface area contributed by atoms with E-state index >= 15 is 0 Å². The molecule has 0 radical (unpaired) electrons.